The van der Waals surface area contributed by atoms with Crippen molar-refractivity contribution in [1.29, 1.82) is 0 Å². The van der Waals surface area contributed by atoms with Gasteiger partial charge in [-0.05, 0) is 42.8 Å². The lowest BCUT2D eigenvalue weighted by atomic mass is 10.1. The van der Waals surface area contributed by atoms with E-state index in [1.54, 1.807) is 0 Å². The highest BCUT2D eigenvalue weighted by Gasteiger charge is 2.06. The number of fused-ring (bicyclic) bond motifs is 1. The molecule has 0 amide bonds. The molecular weight excluding hydrogens is 284 g/mol. The van der Waals surface area contributed by atoms with Crippen molar-refractivity contribution < 1.29 is 4.74 Å². The third-order valence-corrected chi connectivity index (χ3v) is 3.44. The molecule has 2 aromatic carbocycles. The van der Waals surface area contributed by atoms with Gasteiger partial charge in [-0.15, -0.1) is 0 Å². The molecule has 0 saturated heterocycles. The van der Waals surface area contributed by atoms with E-state index in [2.05, 4.69) is 4.98 Å². The van der Waals surface area contributed by atoms with Crippen LogP contribution in [-0.4, -0.2) is 4.98 Å². The average molecular weight is 299 g/mol. The van der Waals surface area contributed by atoms with Gasteiger partial charge < -0.3 is 10.5 Å². The molecule has 0 unspecified atom stereocenters. The third kappa shape index (κ3) is 3.09. The second kappa shape index (κ2) is 5.62. The Morgan fingerprint density at radius 1 is 1.14 bits per heavy atom. The first-order chi connectivity index (χ1) is 10.1. The van der Waals surface area contributed by atoms with Crippen LogP contribution in [0, 0.1) is 6.92 Å². The van der Waals surface area contributed by atoms with Crippen molar-refractivity contribution >= 4 is 28.2 Å². The van der Waals surface area contributed by atoms with Gasteiger partial charge in [0.25, 0.3) is 0 Å². The van der Waals surface area contributed by atoms with Crippen LogP contribution >= 0.6 is 11.6 Å². The van der Waals surface area contributed by atoms with Crippen LogP contribution in [0.15, 0.2) is 48.5 Å². The zero-order valence-corrected chi connectivity index (χ0v) is 12.4. The standard InChI is InChI=1S/C17H15ClN2O/c1-11-7-17(15-9-14(19)5-6-16(15)20-11)21-10-12-3-2-4-13(18)8-12/h2-9H,10,19H2,1H3. The van der Waals surface area contributed by atoms with Crippen LogP contribution in [-0.2, 0) is 6.61 Å². The van der Waals surface area contributed by atoms with E-state index >= 15 is 0 Å². The number of nitrogen functional groups attached to an aromatic ring is 1. The maximum atomic E-state index is 5.99. The van der Waals surface area contributed by atoms with Gasteiger partial charge in [0.2, 0.25) is 0 Å². The van der Waals surface area contributed by atoms with E-state index < -0.39 is 0 Å². The van der Waals surface area contributed by atoms with E-state index in [1.807, 2.05) is 55.5 Å². The summed E-state index contributed by atoms with van der Waals surface area (Å²) in [6.45, 7) is 2.40. The van der Waals surface area contributed by atoms with Crippen molar-refractivity contribution in [3.8, 4) is 5.75 Å². The number of halogens is 1. The lowest BCUT2D eigenvalue weighted by Gasteiger charge is -2.11. The third-order valence-electron chi connectivity index (χ3n) is 3.21. The number of rotatable bonds is 3. The van der Waals surface area contributed by atoms with Crippen LogP contribution in [0.1, 0.15) is 11.3 Å². The van der Waals surface area contributed by atoms with E-state index in [-0.39, 0.29) is 0 Å². The van der Waals surface area contributed by atoms with E-state index in [4.69, 9.17) is 22.1 Å². The molecule has 2 N–H and O–H groups in total. The van der Waals surface area contributed by atoms with Gasteiger partial charge in [-0.3, -0.25) is 4.98 Å². The van der Waals surface area contributed by atoms with Crippen LogP contribution in [0.5, 0.6) is 5.75 Å². The molecule has 4 heteroatoms. The van der Waals surface area contributed by atoms with Crippen molar-refractivity contribution in [2.75, 3.05) is 5.73 Å². The molecule has 3 nitrogen and oxygen atoms in total. The molecule has 3 rings (SSSR count). The number of aromatic nitrogens is 1. The number of nitrogens with two attached hydrogens (primary N) is 1. The molecule has 0 aliphatic carbocycles. The minimum Gasteiger partial charge on any atom is -0.488 e. The van der Waals surface area contributed by atoms with Crippen molar-refractivity contribution in [3.63, 3.8) is 0 Å². The molecule has 0 spiro atoms. The average Bonchev–Trinajstić information content (AvgIpc) is 2.45. The summed E-state index contributed by atoms with van der Waals surface area (Å²) >= 11 is 5.99. The van der Waals surface area contributed by atoms with Crippen LogP contribution in [0.4, 0.5) is 5.69 Å². The maximum Gasteiger partial charge on any atom is 0.131 e. The van der Waals surface area contributed by atoms with Crippen LogP contribution in [0.2, 0.25) is 5.02 Å². The Kier molecular flexibility index (Phi) is 3.67. The summed E-state index contributed by atoms with van der Waals surface area (Å²) in [5.74, 6) is 0.782. The van der Waals surface area contributed by atoms with Gasteiger partial charge in [-0.25, -0.2) is 0 Å². The smallest absolute Gasteiger partial charge is 0.131 e. The fourth-order valence-corrected chi connectivity index (χ4v) is 2.46. The SMILES string of the molecule is Cc1cc(OCc2cccc(Cl)c2)c2cc(N)ccc2n1. The van der Waals surface area contributed by atoms with Crippen LogP contribution in [0.25, 0.3) is 10.9 Å². The second-order valence-electron chi connectivity index (χ2n) is 4.96. The first kappa shape index (κ1) is 13.7. The summed E-state index contributed by atoms with van der Waals surface area (Å²) in [4.78, 5) is 4.49. The van der Waals surface area contributed by atoms with Crippen LogP contribution < -0.4 is 10.5 Å². The minimum absolute atomic E-state index is 0.452. The lowest BCUT2D eigenvalue weighted by Crippen LogP contribution is -1.98. The molecule has 3 aromatic rings. The summed E-state index contributed by atoms with van der Waals surface area (Å²) in [7, 11) is 0. The first-order valence-electron chi connectivity index (χ1n) is 6.66. The molecule has 1 heterocycles. The Balaban J connectivity index is 1.94. The number of nitrogens with zero attached hydrogens (tertiary/aromatic N) is 1. The Hall–Kier alpha value is -2.26. The number of benzene rings is 2. The molecule has 0 saturated carbocycles. The fraction of sp³-hybridized carbons (Fsp3) is 0.118. The highest BCUT2D eigenvalue weighted by molar-refractivity contribution is 6.30. The number of aryl methyl sites for hydroxylation is 1. The lowest BCUT2D eigenvalue weighted by molar-refractivity contribution is 0.309. The number of hydrogen-bond acceptors (Lipinski definition) is 3. The zero-order valence-electron chi connectivity index (χ0n) is 11.6. The van der Waals surface area contributed by atoms with Gasteiger partial charge in [0, 0.05) is 27.9 Å². The van der Waals surface area contributed by atoms with E-state index in [9.17, 15) is 0 Å². The minimum atomic E-state index is 0.452. The topological polar surface area (TPSA) is 48.1 Å². The summed E-state index contributed by atoms with van der Waals surface area (Å²) in [5.41, 5.74) is 9.36. The van der Waals surface area contributed by atoms with Gasteiger partial charge in [-0.2, -0.15) is 0 Å². The fourth-order valence-electron chi connectivity index (χ4n) is 2.25. The summed E-state index contributed by atoms with van der Waals surface area (Å²) in [6, 6.07) is 15.2. The highest BCUT2D eigenvalue weighted by atomic mass is 35.5. The highest BCUT2D eigenvalue weighted by Crippen LogP contribution is 2.28. The van der Waals surface area contributed by atoms with Crippen molar-refractivity contribution in [1.82, 2.24) is 4.98 Å². The molecule has 1 aromatic heterocycles. The monoisotopic (exact) mass is 298 g/mol. The Bertz CT molecular complexity index is 802. The van der Waals surface area contributed by atoms with Crippen molar-refractivity contribution in [3.05, 3.63) is 64.8 Å². The number of ether oxygens (including phenoxy) is 1. The van der Waals surface area contributed by atoms with Gasteiger partial charge in [0.05, 0.1) is 5.52 Å². The molecule has 0 aliphatic rings. The number of hydrogen-bond donors (Lipinski definition) is 1. The number of anilines is 1. The predicted octanol–water partition coefficient (Wildman–Crippen LogP) is 4.36. The molecule has 0 fully saturated rings. The van der Waals surface area contributed by atoms with E-state index in [1.165, 1.54) is 0 Å². The normalized spacial score (nSPS) is 10.8. The zero-order chi connectivity index (χ0) is 14.8. The largest absolute Gasteiger partial charge is 0.488 e. The van der Waals surface area contributed by atoms with Crippen molar-refractivity contribution in [2.45, 2.75) is 13.5 Å². The molecule has 0 atom stereocenters. The number of pyridine rings is 1. The predicted molar refractivity (Wildman–Crippen MR) is 86.7 cm³/mol. The Morgan fingerprint density at radius 3 is 2.81 bits per heavy atom. The molecule has 0 bridgehead atoms. The molecule has 21 heavy (non-hydrogen) atoms. The molecule has 0 radical (unpaired) electrons. The Labute approximate surface area is 128 Å². The summed E-state index contributed by atoms with van der Waals surface area (Å²) in [5, 5.41) is 1.62. The first-order valence-corrected chi connectivity index (χ1v) is 7.04. The van der Waals surface area contributed by atoms with Crippen molar-refractivity contribution in [2.24, 2.45) is 0 Å². The molecule has 106 valence electrons. The van der Waals surface area contributed by atoms with E-state index in [0.717, 1.165) is 27.9 Å². The maximum absolute atomic E-state index is 5.99. The second-order valence-corrected chi connectivity index (χ2v) is 5.39. The molecule has 0 aliphatic heterocycles. The molecular formula is C17H15ClN2O. The van der Waals surface area contributed by atoms with Gasteiger partial charge >= 0.3 is 0 Å². The Morgan fingerprint density at radius 2 is 2.00 bits per heavy atom. The van der Waals surface area contributed by atoms with Gasteiger partial charge in [-0.1, -0.05) is 23.7 Å². The summed E-state index contributed by atoms with van der Waals surface area (Å²) in [6.07, 6.45) is 0. The van der Waals surface area contributed by atoms with Crippen LogP contribution in [0.3, 0.4) is 0 Å². The quantitative estimate of drug-likeness (QED) is 0.731. The van der Waals surface area contributed by atoms with Gasteiger partial charge in [0.15, 0.2) is 0 Å². The summed E-state index contributed by atoms with van der Waals surface area (Å²) < 4.78 is 5.94. The van der Waals surface area contributed by atoms with Gasteiger partial charge in [0.1, 0.15) is 12.4 Å². The van der Waals surface area contributed by atoms with E-state index in [0.29, 0.717) is 17.3 Å².